The maximum Gasteiger partial charge on any atom is 0.305 e. The van der Waals surface area contributed by atoms with Crippen molar-refractivity contribution < 1.29 is 39.1 Å². The summed E-state index contributed by atoms with van der Waals surface area (Å²) < 4.78 is 14.5. The molecule has 0 aromatic carbocycles. The zero-order valence-electron chi connectivity index (χ0n) is 9.98. The van der Waals surface area contributed by atoms with E-state index in [4.69, 9.17) is 19.3 Å². The molecular formula is C10H16O8. The van der Waals surface area contributed by atoms with Gasteiger partial charge in [-0.05, 0) is 0 Å². The van der Waals surface area contributed by atoms with Gasteiger partial charge in [-0.1, -0.05) is 0 Å². The van der Waals surface area contributed by atoms with Crippen molar-refractivity contribution in [2.45, 2.75) is 44.6 Å². The Morgan fingerprint density at radius 3 is 2.11 bits per heavy atom. The standard InChI is InChI=1S/C10H16O8/c1-4(12)16-9-8(15)7(14)6(3-11)18-10(9)17-5(2)13/h6-11,14-15H,3H2,1-2H3. The molecule has 5 atom stereocenters. The first kappa shape index (κ1) is 14.8. The SMILES string of the molecule is CC(=O)OC1OC(CO)C(O)C(O)C1OC(C)=O. The minimum absolute atomic E-state index is 0.581. The topological polar surface area (TPSA) is 123 Å². The van der Waals surface area contributed by atoms with Crippen molar-refractivity contribution in [3.63, 3.8) is 0 Å². The first-order valence-corrected chi connectivity index (χ1v) is 5.33. The van der Waals surface area contributed by atoms with Crippen LogP contribution in [0.5, 0.6) is 0 Å². The fraction of sp³-hybridized carbons (Fsp3) is 0.800. The number of esters is 2. The lowest BCUT2D eigenvalue weighted by Crippen LogP contribution is -2.60. The molecule has 1 aliphatic rings. The van der Waals surface area contributed by atoms with Crippen LogP contribution in [0, 0.1) is 0 Å². The quantitative estimate of drug-likeness (QED) is 0.496. The van der Waals surface area contributed by atoms with Crippen LogP contribution in [0.2, 0.25) is 0 Å². The van der Waals surface area contributed by atoms with Crippen LogP contribution in [0.3, 0.4) is 0 Å². The van der Waals surface area contributed by atoms with Gasteiger partial charge in [0.1, 0.15) is 18.3 Å². The lowest BCUT2D eigenvalue weighted by atomic mass is 9.99. The Labute approximate surface area is 103 Å². The van der Waals surface area contributed by atoms with Gasteiger partial charge in [0, 0.05) is 13.8 Å². The third kappa shape index (κ3) is 3.39. The van der Waals surface area contributed by atoms with Crippen molar-refractivity contribution >= 4 is 11.9 Å². The lowest BCUT2D eigenvalue weighted by molar-refractivity contribution is -0.295. The van der Waals surface area contributed by atoms with Gasteiger partial charge >= 0.3 is 11.9 Å². The molecule has 0 aliphatic carbocycles. The third-order valence-electron chi connectivity index (χ3n) is 2.41. The van der Waals surface area contributed by atoms with E-state index in [1.807, 2.05) is 0 Å². The highest BCUT2D eigenvalue weighted by Crippen LogP contribution is 2.24. The van der Waals surface area contributed by atoms with E-state index in [0.29, 0.717) is 0 Å². The molecule has 0 aromatic rings. The van der Waals surface area contributed by atoms with Crippen LogP contribution in [0.1, 0.15) is 13.8 Å². The largest absolute Gasteiger partial charge is 0.453 e. The number of rotatable bonds is 3. The maximum atomic E-state index is 10.9. The van der Waals surface area contributed by atoms with E-state index in [9.17, 15) is 19.8 Å². The van der Waals surface area contributed by atoms with E-state index in [-0.39, 0.29) is 0 Å². The molecule has 104 valence electrons. The molecule has 0 amide bonds. The predicted molar refractivity (Wildman–Crippen MR) is 55.1 cm³/mol. The van der Waals surface area contributed by atoms with Gasteiger partial charge in [0.2, 0.25) is 6.29 Å². The lowest BCUT2D eigenvalue weighted by Gasteiger charge is -2.40. The van der Waals surface area contributed by atoms with E-state index < -0.39 is 49.3 Å². The smallest absolute Gasteiger partial charge is 0.305 e. The molecular weight excluding hydrogens is 248 g/mol. The summed E-state index contributed by atoms with van der Waals surface area (Å²) >= 11 is 0. The molecule has 5 unspecified atom stereocenters. The Balaban J connectivity index is 2.86. The molecule has 3 N–H and O–H groups in total. The van der Waals surface area contributed by atoms with Crippen LogP contribution in [-0.4, -0.2) is 64.6 Å². The molecule has 1 saturated heterocycles. The fourth-order valence-electron chi connectivity index (χ4n) is 1.63. The molecule has 8 heteroatoms. The van der Waals surface area contributed by atoms with Crippen molar-refractivity contribution in [3.8, 4) is 0 Å². The Morgan fingerprint density at radius 2 is 1.67 bits per heavy atom. The summed E-state index contributed by atoms with van der Waals surface area (Å²) in [6.07, 6.45) is -6.82. The minimum Gasteiger partial charge on any atom is -0.453 e. The van der Waals surface area contributed by atoms with Crippen molar-refractivity contribution in [2.75, 3.05) is 6.61 Å². The summed E-state index contributed by atoms with van der Waals surface area (Å²) in [5, 5.41) is 28.3. The molecule has 0 radical (unpaired) electrons. The second-order valence-corrected chi connectivity index (χ2v) is 3.89. The van der Waals surface area contributed by atoms with Crippen LogP contribution >= 0.6 is 0 Å². The Kier molecular flexibility index (Phi) is 5.03. The first-order valence-electron chi connectivity index (χ1n) is 5.33. The molecule has 1 fully saturated rings. The average Bonchev–Trinajstić information content (AvgIpc) is 2.27. The third-order valence-corrected chi connectivity index (χ3v) is 2.41. The van der Waals surface area contributed by atoms with Crippen molar-refractivity contribution in [1.29, 1.82) is 0 Å². The number of aliphatic hydroxyl groups excluding tert-OH is 3. The van der Waals surface area contributed by atoms with Crippen LogP contribution in [0.25, 0.3) is 0 Å². The monoisotopic (exact) mass is 264 g/mol. The molecule has 0 spiro atoms. The number of hydrogen-bond donors (Lipinski definition) is 3. The normalized spacial score (nSPS) is 35.9. The number of carbonyl (C=O) groups excluding carboxylic acids is 2. The van der Waals surface area contributed by atoms with E-state index in [0.717, 1.165) is 13.8 Å². The summed E-state index contributed by atoms with van der Waals surface area (Å²) in [5.41, 5.74) is 0. The Bertz CT molecular complexity index is 317. The van der Waals surface area contributed by atoms with Gasteiger partial charge in [0.25, 0.3) is 0 Å². The second-order valence-electron chi connectivity index (χ2n) is 3.89. The van der Waals surface area contributed by atoms with Crippen molar-refractivity contribution in [2.24, 2.45) is 0 Å². The van der Waals surface area contributed by atoms with Crippen molar-refractivity contribution in [1.82, 2.24) is 0 Å². The van der Waals surface area contributed by atoms with Gasteiger partial charge < -0.3 is 29.5 Å². The minimum atomic E-state index is -1.52. The van der Waals surface area contributed by atoms with Gasteiger partial charge in [-0.3, -0.25) is 9.59 Å². The number of aliphatic hydroxyl groups is 3. The summed E-state index contributed by atoms with van der Waals surface area (Å²) in [4.78, 5) is 21.8. The number of hydrogen-bond acceptors (Lipinski definition) is 8. The highest BCUT2D eigenvalue weighted by molar-refractivity contribution is 5.67. The van der Waals surface area contributed by atoms with Crippen LogP contribution in [0.15, 0.2) is 0 Å². The van der Waals surface area contributed by atoms with E-state index in [1.54, 1.807) is 0 Å². The molecule has 1 heterocycles. The fourth-order valence-corrected chi connectivity index (χ4v) is 1.63. The van der Waals surface area contributed by atoms with Crippen LogP contribution in [0.4, 0.5) is 0 Å². The maximum absolute atomic E-state index is 10.9. The molecule has 1 rings (SSSR count). The zero-order valence-corrected chi connectivity index (χ0v) is 9.98. The van der Waals surface area contributed by atoms with Gasteiger partial charge in [0.15, 0.2) is 6.10 Å². The molecule has 1 aliphatic heterocycles. The summed E-state index contributed by atoms with van der Waals surface area (Å²) in [7, 11) is 0. The number of carbonyl (C=O) groups is 2. The molecule has 0 aromatic heterocycles. The zero-order chi connectivity index (χ0) is 13.9. The van der Waals surface area contributed by atoms with Gasteiger partial charge in [-0.15, -0.1) is 0 Å². The van der Waals surface area contributed by atoms with Gasteiger partial charge in [-0.25, -0.2) is 0 Å². The van der Waals surface area contributed by atoms with E-state index in [2.05, 4.69) is 0 Å². The summed E-state index contributed by atoms with van der Waals surface area (Å²) in [6.45, 7) is 1.63. The van der Waals surface area contributed by atoms with Crippen LogP contribution < -0.4 is 0 Å². The van der Waals surface area contributed by atoms with Gasteiger partial charge in [-0.2, -0.15) is 0 Å². The number of ether oxygens (including phenoxy) is 3. The van der Waals surface area contributed by atoms with Crippen molar-refractivity contribution in [3.05, 3.63) is 0 Å². The molecule has 8 nitrogen and oxygen atoms in total. The highest BCUT2D eigenvalue weighted by Gasteiger charge is 2.47. The van der Waals surface area contributed by atoms with Gasteiger partial charge in [0.05, 0.1) is 6.61 Å². The average molecular weight is 264 g/mol. The highest BCUT2D eigenvalue weighted by atomic mass is 16.7. The molecule has 18 heavy (non-hydrogen) atoms. The first-order chi connectivity index (χ1) is 8.36. The van der Waals surface area contributed by atoms with E-state index >= 15 is 0 Å². The van der Waals surface area contributed by atoms with E-state index in [1.165, 1.54) is 0 Å². The summed E-state index contributed by atoms with van der Waals surface area (Å²) in [5.74, 6) is -1.44. The second kappa shape index (κ2) is 6.10. The summed E-state index contributed by atoms with van der Waals surface area (Å²) in [6, 6.07) is 0. The molecule has 0 bridgehead atoms. The Morgan fingerprint density at radius 1 is 1.11 bits per heavy atom. The Hall–Kier alpha value is -1.22. The predicted octanol–water partition coefficient (Wildman–Crippen LogP) is -2.08. The molecule has 0 saturated carbocycles. The van der Waals surface area contributed by atoms with Crippen LogP contribution in [-0.2, 0) is 23.8 Å².